The Morgan fingerprint density at radius 2 is 1.95 bits per heavy atom. The highest BCUT2D eigenvalue weighted by Crippen LogP contribution is 2.29. The number of aryl methyl sites for hydroxylation is 1. The molecule has 1 unspecified atom stereocenters. The van der Waals surface area contributed by atoms with Crippen molar-refractivity contribution < 1.29 is 4.74 Å². The van der Waals surface area contributed by atoms with E-state index in [1.807, 2.05) is 0 Å². The lowest BCUT2D eigenvalue weighted by Crippen LogP contribution is -2.48. The first-order valence-electron chi connectivity index (χ1n) is 7.73. The number of anilines is 1. The van der Waals surface area contributed by atoms with Crippen LogP contribution in [0.4, 0.5) is 5.69 Å². The number of hydrogen-bond donors (Lipinski definition) is 1. The topological polar surface area (TPSA) is 41.7 Å². The predicted molar refractivity (Wildman–Crippen MR) is 82.2 cm³/mol. The van der Waals surface area contributed by atoms with Crippen LogP contribution in [0.15, 0.2) is 24.3 Å². The number of rotatable bonds is 4. The van der Waals surface area contributed by atoms with Gasteiger partial charge in [-0.25, -0.2) is 0 Å². The summed E-state index contributed by atoms with van der Waals surface area (Å²) in [6, 6.07) is 9.27. The SMILES string of the molecule is NCC1CCc2ccccc2N1CCN1CCOCC1. The fraction of sp³-hybridized carbons (Fsp3) is 0.625. The minimum absolute atomic E-state index is 0.492. The standard InChI is InChI=1S/C16H25N3O/c17-13-15-6-5-14-3-1-2-4-16(14)19(15)8-7-18-9-11-20-12-10-18/h1-4,15H,5-13,17H2. The summed E-state index contributed by atoms with van der Waals surface area (Å²) in [5.74, 6) is 0. The number of nitrogens with zero attached hydrogens (tertiary/aromatic N) is 2. The molecule has 1 aromatic rings. The Morgan fingerprint density at radius 1 is 1.15 bits per heavy atom. The van der Waals surface area contributed by atoms with Crippen molar-refractivity contribution in [2.75, 3.05) is 50.8 Å². The van der Waals surface area contributed by atoms with Gasteiger partial charge in [-0.1, -0.05) is 18.2 Å². The molecule has 3 rings (SSSR count). The number of benzene rings is 1. The van der Waals surface area contributed by atoms with Gasteiger partial charge in [0.1, 0.15) is 0 Å². The molecule has 0 aromatic heterocycles. The lowest BCUT2D eigenvalue weighted by atomic mass is 9.95. The molecule has 4 heteroatoms. The molecule has 110 valence electrons. The third kappa shape index (κ3) is 2.97. The summed E-state index contributed by atoms with van der Waals surface area (Å²) >= 11 is 0. The molecule has 1 saturated heterocycles. The van der Waals surface area contributed by atoms with E-state index in [-0.39, 0.29) is 0 Å². The summed E-state index contributed by atoms with van der Waals surface area (Å²) in [5.41, 5.74) is 8.85. The highest BCUT2D eigenvalue weighted by molar-refractivity contribution is 5.56. The molecular formula is C16H25N3O. The summed E-state index contributed by atoms with van der Waals surface area (Å²) in [4.78, 5) is 5.02. The van der Waals surface area contributed by atoms with Crippen molar-refractivity contribution in [1.82, 2.24) is 4.90 Å². The fourth-order valence-corrected chi connectivity index (χ4v) is 3.30. The Bertz CT molecular complexity index is 431. The summed E-state index contributed by atoms with van der Waals surface area (Å²) in [5, 5.41) is 0. The van der Waals surface area contributed by atoms with Crippen molar-refractivity contribution >= 4 is 5.69 Å². The Labute approximate surface area is 121 Å². The molecule has 1 fully saturated rings. The van der Waals surface area contributed by atoms with Crippen LogP contribution in [-0.4, -0.2) is 56.9 Å². The molecular weight excluding hydrogens is 250 g/mol. The van der Waals surface area contributed by atoms with E-state index in [2.05, 4.69) is 34.1 Å². The number of ether oxygens (including phenoxy) is 1. The zero-order valence-electron chi connectivity index (χ0n) is 12.1. The minimum Gasteiger partial charge on any atom is -0.379 e. The maximum atomic E-state index is 5.98. The van der Waals surface area contributed by atoms with Crippen molar-refractivity contribution in [3.8, 4) is 0 Å². The number of nitrogens with two attached hydrogens (primary N) is 1. The normalized spacial score (nSPS) is 23.6. The Balaban J connectivity index is 1.68. The smallest absolute Gasteiger partial charge is 0.0594 e. The van der Waals surface area contributed by atoms with Gasteiger partial charge in [-0.05, 0) is 24.5 Å². The minimum atomic E-state index is 0.492. The van der Waals surface area contributed by atoms with Gasteiger partial charge < -0.3 is 15.4 Å². The number of morpholine rings is 1. The highest BCUT2D eigenvalue weighted by atomic mass is 16.5. The van der Waals surface area contributed by atoms with Crippen molar-refractivity contribution in [3.63, 3.8) is 0 Å². The van der Waals surface area contributed by atoms with Gasteiger partial charge in [0.05, 0.1) is 13.2 Å². The molecule has 2 aliphatic heterocycles. The Morgan fingerprint density at radius 3 is 2.75 bits per heavy atom. The summed E-state index contributed by atoms with van der Waals surface area (Å²) in [6.45, 7) is 6.78. The molecule has 1 aromatic carbocycles. The largest absolute Gasteiger partial charge is 0.379 e. The molecule has 2 aliphatic rings. The average Bonchev–Trinajstić information content (AvgIpc) is 2.53. The van der Waals surface area contributed by atoms with Gasteiger partial charge in [0.25, 0.3) is 0 Å². The molecule has 0 aliphatic carbocycles. The predicted octanol–water partition coefficient (Wildman–Crippen LogP) is 1.10. The van der Waals surface area contributed by atoms with Crippen LogP contribution in [0.1, 0.15) is 12.0 Å². The quantitative estimate of drug-likeness (QED) is 0.893. The van der Waals surface area contributed by atoms with Gasteiger partial charge in [0.15, 0.2) is 0 Å². The highest BCUT2D eigenvalue weighted by Gasteiger charge is 2.25. The third-order valence-corrected chi connectivity index (χ3v) is 4.52. The molecule has 2 N–H and O–H groups in total. The maximum Gasteiger partial charge on any atom is 0.0594 e. The molecule has 4 nitrogen and oxygen atoms in total. The second-order valence-electron chi connectivity index (χ2n) is 5.70. The van der Waals surface area contributed by atoms with Crippen LogP contribution in [0.2, 0.25) is 0 Å². The van der Waals surface area contributed by atoms with E-state index in [1.54, 1.807) is 0 Å². The summed E-state index contributed by atoms with van der Waals surface area (Å²) in [6.07, 6.45) is 2.34. The molecule has 0 radical (unpaired) electrons. The number of hydrogen-bond acceptors (Lipinski definition) is 4. The average molecular weight is 275 g/mol. The summed E-state index contributed by atoms with van der Waals surface area (Å²) in [7, 11) is 0. The van der Waals surface area contributed by atoms with E-state index in [9.17, 15) is 0 Å². The maximum absolute atomic E-state index is 5.98. The Kier molecular flexibility index (Phi) is 4.55. The molecule has 1 atom stereocenters. The third-order valence-electron chi connectivity index (χ3n) is 4.52. The molecule has 2 heterocycles. The van der Waals surface area contributed by atoms with Crippen molar-refractivity contribution in [1.29, 1.82) is 0 Å². The first kappa shape index (κ1) is 13.9. The van der Waals surface area contributed by atoms with Gasteiger partial charge >= 0.3 is 0 Å². The first-order chi connectivity index (χ1) is 9.88. The van der Waals surface area contributed by atoms with Crippen LogP contribution >= 0.6 is 0 Å². The van der Waals surface area contributed by atoms with Crippen LogP contribution in [-0.2, 0) is 11.2 Å². The van der Waals surface area contributed by atoms with Crippen LogP contribution < -0.4 is 10.6 Å². The second kappa shape index (κ2) is 6.57. The van der Waals surface area contributed by atoms with E-state index >= 15 is 0 Å². The zero-order valence-corrected chi connectivity index (χ0v) is 12.1. The molecule has 0 saturated carbocycles. The van der Waals surface area contributed by atoms with Crippen LogP contribution in [0.5, 0.6) is 0 Å². The van der Waals surface area contributed by atoms with E-state index in [4.69, 9.17) is 10.5 Å². The van der Waals surface area contributed by atoms with Crippen molar-refractivity contribution in [3.05, 3.63) is 29.8 Å². The van der Waals surface area contributed by atoms with Gasteiger partial charge in [-0.2, -0.15) is 0 Å². The van der Waals surface area contributed by atoms with Gasteiger partial charge in [0.2, 0.25) is 0 Å². The van der Waals surface area contributed by atoms with Crippen molar-refractivity contribution in [2.24, 2.45) is 5.73 Å². The van der Waals surface area contributed by atoms with Crippen molar-refractivity contribution in [2.45, 2.75) is 18.9 Å². The lowest BCUT2D eigenvalue weighted by molar-refractivity contribution is 0.0389. The second-order valence-corrected chi connectivity index (χ2v) is 5.70. The van der Waals surface area contributed by atoms with E-state index < -0.39 is 0 Å². The zero-order chi connectivity index (χ0) is 13.8. The van der Waals surface area contributed by atoms with Crippen LogP contribution in [0, 0.1) is 0 Å². The van der Waals surface area contributed by atoms with E-state index in [0.717, 1.165) is 52.4 Å². The molecule has 0 bridgehead atoms. The van der Waals surface area contributed by atoms with E-state index in [1.165, 1.54) is 17.7 Å². The molecule has 0 spiro atoms. The monoisotopic (exact) mass is 275 g/mol. The van der Waals surface area contributed by atoms with Gasteiger partial charge in [-0.3, -0.25) is 4.90 Å². The van der Waals surface area contributed by atoms with Gasteiger partial charge in [-0.15, -0.1) is 0 Å². The Hall–Kier alpha value is -1.10. The molecule has 20 heavy (non-hydrogen) atoms. The first-order valence-corrected chi connectivity index (χ1v) is 7.73. The number of fused-ring (bicyclic) bond motifs is 1. The summed E-state index contributed by atoms with van der Waals surface area (Å²) < 4.78 is 5.41. The fourth-order valence-electron chi connectivity index (χ4n) is 3.30. The van der Waals surface area contributed by atoms with Crippen LogP contribution in [0.3, 0.4) is 0 Å². The lowest BCUT2D eigenvalue weighted by Gasteiger charge is -2.40. The van der Waals surface area contributed by atoms with Crippen LogP contribution in [0.25, 0.3) is 0 Å². The van der Waals surface area contributed by atoms with Gasteiger partial charge in [0, 0.05) is 44.5 Å². The van der Waals surface area contributed by atoms with E-state index in [0.29, 0.717) is 6.04 Å². The molecule has 0 amide bonds. The number of para-hydroxylation sites is 1.